The summed E-state index contributed by atoms with van der Waals surface area (Å²) < 4.78 is 13.7. The number of hydrogen-bond donors (Lipinski definition) is 1. The topological polar surface area (TPSA) is 26.0 Å². The Bertz CT molecular complexity index is 334. The molecule has 0 aliphatic heterocycles. The first-order chi connectivity index (χ1) is 6.12. The zero-order valence-electron chi connectivity index (χ0n) is 7.19. The molecule has 1 saturated carbocycles. The van der Waals surface area contributed by atoms with Gasteiger partial charge in [0.2, 0.25) is 0 Å². The van der Waals surface area contributed by atoms with Crippen LogP contribution in [0.15, 0.2) is 22.7 Å². The number of nitrogens with two attached hydrogens (primary N) is 1. The summed E-state index contributed by atoms with van der Waals surface area (Å²) in [6.45, 7) is 0. The van der Waals surface area contributed by atoms with Crippen molar-refractivity contribution in [2.75, 3.05) is 0 Å². The number of hydrogen-bond acceptors (Lipinski definition) is 1. The molecule has 2 rings (SSSR count). The maximum absolute atomic E-state index is 13.2. The molecule has 13 heavy (non-hydrogen) atoms. The molecule has 1 aromatic rings. The lowest BCUT2D eigenvalue weighted by molar-refractivity contribution is 0.253. The van der Waals surface area contributed by atoms with Crippen molar-refractivity contribution in [3.8, 4) is 0 Å². The Labute approximate surface area is 85.3 Å². The lowest BCUT2D eigenvalue weighted by Crippen LogP contribution is -2.43. The average molecular weight is 244 g/mol. The van der Waals surface area contributed by atoms with E-state index in [4.69, 9.17) is 5.73 Å². The van der Waals surface area contributed by atoms with Crippen LogP contribution in [0.2, 0.25) is 0 Å². The van der Waals surface area contributed by atoms with Crippen LogP contribution in [-0.4, -0.2) is 0 Å². The van der Waals surface area contributed by atoms with Gasteiger partial charge in [0.15, 0.2) is 0 Å². The smallest absolute Gasteiger partial charge is 0.137 e. The molecular formula is C10H11BrFN. The molecule has 0 bridgehead atoms. The third-order valence-corrected chi connectivity index (χ3v) is 3.38. The molecule has 0 atom stereocenters. The molecule has 1 fully saturated rings. The van der Waals surface area contributed by atoms with Gasteiger partial charge in [-0.25, -0.2) is 4.39 Å². The Hall–Kier alpha value is -0.410. The van der Waals surface area contributed by atoms with Crippen LogP contribution in [0.3, 0.4) is 0 Å². The zero-order valence-corrected chi connectivity index (χ0v) is 8.77. The Balaban J connectivity index is 2.36. The fourth-order valence-corrected chi connectivity index (χ4v) is 1.90. The molecular weight excluding hydrogens is 233 g/mol. The maximum Gasteiger partial charge on any atom is 0.137 e. The first-order valence-electron chi connectivity index (χ1n) is 4.36. The van der Waals surface area contributed by atoms with Crippen molar-refractivity contribution in [3.63, 3.8) is 0 Å². The number of benzene rings is 1. The fourth-order valence-electron chi connectivity index (χ4n) is 1.65. The van der Waals surface area contributed by atoms with Crippen molar-refractivity contribution in [1.82, 2.24) is 0 Å². The van der Waals surface area contributed by atoms with Gasteiger partial charge in [0.25, 0.3) is 0 Å². The van der Waals surface area contributed by atoms with E-state index in [0.29, 0.717) is 4.47 Å². The highest BCUT2D eigenvalue weighted by Gasteiger charge is 2.34. The van der Waals surface area contributed by atoms with E-state index in [-0.39, 0.29) is 11.4 Å². The molecule has 1 aliphatic rings. The molecule has 0 unspecified atom stereocenters. The van der Waals surface area contributed by atoms with Crippen molar-refractivity contribution in [2.45, 2.75) is 24.8 Å². The van der Waals surface area contributed by atoms with Gasteiger partial charge in [0.1, 0.15) is 5.82 Å². The molecule has 70 valence electrons. The van der Waals surface area contributed by atoms with Gasteiger partial charge in [0.05, 0.1) is 4.47 Å². The van der Waals surface area contributed by atoms with Gasteiger partial charge in [-0.2, -0.15) is 0 Å². The summed E-state index contributed by atoms with van der Waals surface area (Å²) in [6, 6.07) is 5.15. The first-order valence-corrected chi connectivity index (χ1v) is 5.15. The van der Waals surface area contributed by atoms with Crippen molar-refractivity contribution in [2.24, 2.45) is 5.73 Å². The van der Waals surface area contributed by atoms with E-state index in [1.165, 1.54) is 6.07 Å². The van der Waals surface area contributed by atoms with E-state index in [9.17, 15) is 4.39 Å². The van der Waals surface area contributed by atoms with Crippen LogP contribution in [-0.2, 0) is 5.54 Å². The second-order valence-corrected chi connectivity index (χ2v) is 4.49. The highest BCUT2D eigenvalue weighted by atomic mass is 79.9. The predicted molar refractivity (Wildman–Crippen MR) is 53.8 cm³/mol. The summed E-state index contributed by atoms with van der Waals surface area (Å²) in [5.41, 5.74) is 6.71. The van der Waals surface area contributed by atoms with Gasteiger partial charge in [0, 0.05) is 5.54 Å². The molecule has 1 aliphatic carbocycles. The Morgan fingerprint density at radius 3 is 2.54 bits per heavy atom. The molecule has 0 radical (unpaired) electrons. The molecule has 1 nitrogen and oxygen atoms in total. The average Bonchev–Trinajstić information content (AvgIpc) is 2.06. The normalized spacial score (nSPS) is 19.6. The molecule has 0 saturated heterocycles. The quantitative estimate of drug-likeness (QED) is 0.807. The van der Waals surface area contributed by atoms with Crippen molar-refractivity contribution >= 4 is 15.9 Å². The van der Waals surface area contributed by atoms with E-state index < -0.39 is 0 Å². The molecule has 1 aromatic carbocycles. The lowest BCUT2D eigenvalue weighted by Gasteiger charge is -2.38. The minimum absolute atomic E-state index is 0.228. The minimum atomic E-state index is -0.262. The molecule has 0 heterocycles. The SMILES string of the molecule is NC1(c2ccc(Br)c(F)c2)CCC1. The van der Waals surface area contributed by atoms with Gasteiger partial charge in [-0.15, -0.1) is 0 Å². The summed E-state index contributed by atoms with van der Waals surface area (Å²) in [7, 11) is 0. The molecule has 3 heteroatoms. The second-order valence-electron chi connectivity index (χ2n) is 3.64. The second kappa shape index (κ2) is 3.07. The van der Waals surface area contributed by atoms with E-state index in [2.05, 4.69) is 15.9 Å². The highest BCUT2D eigenvalue weighted by molar-refractivity contribution is 9.10. The summed E-state index contributed by atoms with van der Waals surface area (Å²) in [5.74, 6) is -0.228. The van der Waals surface area contributed by atoms with Gasteiger partial charge < -0.3 is 5.73 Å². The third kappa shape index (κ3) is 1.51. The van der Waals surface area contributed by atoms with E-state index in [1.54, 1.807) is 6.07 Å². The third-order valence-electron chi connectivity index (χ3n) is 2.74. The molecule has 0 aromatic heterocycles. The summed E-state index contributed by atoms with van der Waals surface area (Å²) >= 11 is 3.12. The van der Waals surface area contributed by atoms with Crippen LogP contribution < -0.4 is 5.73 Å². The van der Waals surface area contributed by atoms with Crippen LogP contribution in [0.25, 0.3) is 0 Å². The van der Waals surface area contributed by atoms with Gasteiger partial charge in [-0.05, 0) is 52.9 Å². The summed E-state index contributed by atoms with van der Waals surface area (Å²) in [6.07, 6.45) is 3.08. The van der Waals surface area contributed by atoms with E-state index >= 15 is 0 Å². The zero-order chi connectivity index (χ0) is 9.47. The van der Waals surface area contributed by atoms with E-state index in [1.807, 2.05) is 6.07 Å². The van der Waals surface area contributed by atoms with Crippen LogP contribution in [0, 0.1) is 5.82 Å². The molecule has 2 N–H and O–H groups in total. The van der Waals surface area contributed by atoms with Crippen LogP contribution >= 0.6 is 15.9 Å². The van der Waals surface area contributed by atoms with Gasteiger partial charge >= 0.3 is 0 Å². The van der Waals surface area contributed by atoms with E-state index in [0.717, 1.165) is 24.8 Å². The standard InChI is InChI=1S/C10H11BrFN/c11-8-3-2-7(6-9(8)12)10(13)4-1-5-10/h2-3,6H,1,4-5,13H2. The minimum Gasteiger partial charge on any atom is -0.321 e. The maximum atomic E-state index is 13.2. The largest absolute Gasteiger partial charge is 0.321 e. The number of halogens is 2. The lowest BCUT2D eigenvalue weighted by atomic mass is 9.73. The summed E-state index contributed by atoms with van der Waals surface area (Å²) in [5, 5.41) is 0. The molecule has 0 amide bonds. The monoisotopic (exact) mass is 243 g/mol. The van der Waals surface area contributed by atoms with Gasteiger partial charge in [-0.3, -0.25) is 0 Å². The first kappa shape index (κ1) is 9.16. The van der Waals surface area contributed by atoms with Crippen molar-refractivity contribution in [1.29, 1.82) is 0 Å². The Kier molecular flexibility index (Phi) is 2.16. The van der Waals surface area contributed by atoms with Crippen LogP contribution in [0.4, 0.5) is 4.39 Å². The van der Waals surface area contributed by atoms with Crippen LogP contribution in [0.1, 0.15) is 24.8 Å². The Morgan fingerprint density at radius 2 is 2.08 bits per heavy atom. The summed E-state index contributed by atoms with van der Waals surface area (Å²) in [4.78, 5) is 0. The fraction of sp³-hybridized carbons (Fsp3) is 0.400. The number of rotatable bonds is 1. The highest BCUT2D eigenvalue weighted by Crippen LogP contribution is 2.39. The van der Waals surface area contributed by atoms with Crippen molar-refractivity contribution in [3.05, 3.63) is 34.1 Å². The molecule has 0 spiro atoms. The van der Waals surface area contributed by atoms with Gasteiger partial charge in [-0.1, -0.05) is 6.07 Å². The Morgan fingerprint density at radius 1 is 1.38 bits per heavy atom. The predicted octanol–water partition coefficient (Wildman–Crippen LogP) is 2.93. The van der Waals surface area contributed by atoms with Crippen molar-refractivity contribution < 1.29 is 4.39 Å². The van der Waals surface area contributed by atoms with Crippen LogP contribution in [0.5, 0.6) is 0 Å².